The van der Waals surface area contributed by atoms with E-state index >= 15 is 0 Å². The number of para-hydroxylation sites is 2. The van der Waals surface area contributed by atoms with E-state index in [2.05, 4.69) is 77.5 Å². The van der Waals surface area contributed by atoms with Crippen LogP contribution in [0.3, 0.4) is 0 Å². The number of benzene rings is 3. The van der Waals surface area contributed by atoms with Crippen LogP contribution in [0.1, 0.15) is 5.56 Å². The van der Waals surface area contributed by atoms with E-state index in [-0.39, 0.29) is 0 Å². The zero-order valence-electron chi connectivity index (χ0n) is 13.4. The molecule has 24 heavy (non-hydrogen) atoms. The second kappa shape index (κ2) is 4.31. The number of fused-ring (bicyclic) bond motifs is 9. The van der Waals surface area contributed by atoms with Crippen LogP contribution in [0.4, 0.5) is 17.1 Å². The SMILES string of the molecule is CN1c2ccccc2N2c3ccc4sc5ccccc5c4c3CC12. The molecule has 4 aromatic rings. The third-order valence-corrected chi connectivity index (χ3v) is 6.67. The maximum atomic E-state index is 2.52. The summed E-state index contributed by atoms with van der Waals surface area (Å²) in [6.07, 6.45) is 1.49. The largest absolute Gasteiger partial charge is 0.352 e. The van der Waals surface area contributed by atoms with E-state index in [9.17, 15) is 0 Å². The Hall–Kier alpha value is -2.52. The summed E-state index contributed by atoms with van der Waals surface area (Å²) in [6.45, 7) is 0. The molecule has 0 saturated carbocycles. The van der Waals surface area contributed by atoms with Crippen molar-refractivity contribution in [2.75, 3.05) is 16.8 Å². The van der Waals surface area contributed by atoms with Gasteiger partial charge in [-0.2, -0.15) is 0 Å². The molecule has 6 rings (SSSR count). The molecule has 1 unspecified atom stereocenters. The summed E-state index contributed by atoms with van der Waals surface area (Å²) in [5, 5.41) is 2.87. The molecule has 0 spiro atoms. The van der Waals surface area contributed by atoms with E-state index in [1.54, 1.807) is 0 Å². The van der Waals surface area contributed by atoms with Crippen molar-refractivity contribution in [1.82, 2.24) is 0 Å². The van der Waals surface area contributed by atoms with Crippen LogP contribution in [0.15, 0.2) is 60.7 Å². The van der Waals surface area contributed by atoms with E-state index in [0.717, 1.165) is 6.42 Å². The second-order valence-corrected chi connectivity index (χ2v) is 7.77. The molecule has 116 valence electrons. The van der Waals surface area contributed by atoms with Gasteiger partial charge < -0.3 is 9.80 Å². The number of nitrogens with zero attached hydrogens (tertiary/aromatic N) is 2. The van der Waals surface area contributed by atoms with Crippen LogP contribution in [-0.2, 0) is 6.42 Å². The van der Waals surface area contributed by atoms with Gasteiger partial charge >= 0.3 is 0 Å². The van der Waals surface area contributed by atoms with Crippen LogP contribution in [0, 0.1) is 0 Å². The molecule has 3 aromatic carbocycles. The monoisotopic (exact) mass is 328 g/mol. The Morgan fingerprint density at radius 3 is 2.54 bits per heavy atom. The van der Waals surface area contributed by atoms with Crippen molar-refractivity contribution in [2.45, 2.75) is 12.6 Å². The molecule has 0 amide bonds. The fourth-order valence-electron chi connectivity index (χ4n) is 4.47. The zero-order valence-corrected chi connectivity index (χ0v) is 14.2. The molecular weight excluding hydrogens is 312 g/mol. The maximum Gasteiger partial charge on any atom is 0.110 e. The summed E-state index contributed by atoms with van der Waals surface area (Å²) in [6, 6.07) is 22.2. The van der Waals surface area contributed by atoms with E-state index < -0.39 is 0 Å². The average Bonchev–Trinajstić information content (AvgIpc) is 3.25. The molecule has 0 fully saturated rings. The lowest BCUT2D eigenvalue weighted by molar-refractivity contribution is 0.705. The first-order valence-electron chi connectivity index (χ1n) is 8.37. The molecule has 0 radical (unpaired) electrons. The van der Waals surface area contributed by atoms with Gasteiger partial charge in [-0.25, -0.2) is 0 Å². The van der Waals surface area contributed by atoms with Gasteiger partial charge in [0, 0.05) is 39.3 Å². The molecule has 3 heteroatoms. The Morgan fingerprint density at radius 2 is 1.62 bits per heavy atom. The summed E-state index contributed by atoms with van der Waals surface area (Å²) < 4.78 is 2.80. The molecule has 1 aromatic heterocycles. The highest BCUT2D eigenvalue weighted by Gasteiger charge is 2.41. The van der Waals surface area contributed by atoms with Crippen LogP contribution >= 0.6 is 11.3 Å². The Balaban J connectivity index is 1.68. The Bertz CT molecular complexity index is 1130. The number of likely N-dealkylation sites (N-methyl/N-ethyl adjacent to an activating group) is 1. The normalized spacial score (nSPS) is 18.3. The van der Waals surface area contributed by atoms with Crippen LogP contribution < -0.4 is 9.80 Å². The number of thiophene rings is 1. The number of hydrogen-bond donors (Lipinski definition) is 0. The van der Waals surface area contributed by atoms with Crippen molar-refractivity contribution in [1.29, 1.82) is 0 Å². The van der Waals surface area contributed by atoms with E-state index in [1.165, 1.54) is 42.8 Å². The zero-order chi connectivity index (χ0) is 15.8. The van der Waals surface area contributed by atoms with Gasteiger partial charge in [-0.05, 0) is 35.9 Å². The van der Waals surface area contributed by atoms with Crippen LogP contribution in [-0.4, -0.2) is 13.2 Å². The topological polar surface area (TPSA) is 6.48 Å². The van der Waals surface area contributed by atoms with Gasteiger partial charge in [0.05, 0.1) is 11.4 Å². The summed E-state index contributed by atoms with van der Waals surface area (Å²) in [5.41, 5.74) is 5.57. The predicted molar refractivity (Wildman–Crippen MR) is 104 cm³/mol. The minimum atomic E-state index is 0.404. The van der Waals surface area contributed by atoms with Crippen molar-refractivity contribution in [3.05, 3.63) is 66.2 Å². The molecule has 2 aliphatic rings. The van der Waals surface area contributed by atoms with E-state index in [0.29, 0.717) is 6.17 Å². The van der Waals surface area contributed by atoms with Crippen molar-refractivity contribution >= 4 is 48.6 Å². The summed E-state index contributed by atoms with van der Waals surface area (Å²) in [5.74, 6) is 0. The Labute approximate surface area is 144 Å². The summed E-state index contributed by atoms with van der Waals surface area (Å²) in [4.78, 5) is 4.95. The molecule has 0 N–H and O–H groups in total. The van der Waals surface area contributed by atoms with Gasteiger partial charge in [0.15, 0.2) is 0 Å². The van der Waals surface area contributed by atoms with Crippen LogP contribution in [0.5, 0.6) is 0 Å². The third-order valence-electron chi connectivity index (χ3n) is 5.54. The molecule has 3 heterocycles. The van der Waals surface area contributed by atoms with Gasteiger partial charge in [-0.3, -0.25) is 0 Å². The predicted octanol–water partition coefficient (Wildman–Crippen LogP) is 5.52. The number of anilines is 3. The quantitative estimate of drug-likeness (QED) is 0.419. The first-order chi connectivity index (χ1) is 11.8. The molecule has 0 bridgehead atoms. The summed E-state index contributed by atoms with van der Waals surface area (Å²) >= 11 is 1.91. The second-order valence-electron chi connectivity index (χ2n) is 6.69. The highest BCUT2D eigenvalue weighted by Crippen LogP contribution is 2.52. The molecule has 1 atom stereocenters. The Kier molecular flexibility index (Phi) is 2.31. The van der Waals surface area contributed by atoms with Crippen molar-refractivity contribution < 1.29 is 0 Å². The smallest absolute Gasteiger partial charge is 0.110 e. The molecule has 2 nitrogen and oxygen atoms in total. The first-order valence-corrected chi connectivity index (χ1v) is 9.19. The summed E-state index contributed by atoms with van der Waals surface area (Å²) in [7, 11) is 2.22. The highest BCUT2D eigenvalue weighted by atomic mass is 32.1. The van der Waals surface area contributed by atoms with Gasteiger partial charge in [-0.15, -0.1) is 11.3 Å². The Morgan fingerprint density at radius 1 is 0.833 bits per heavy atom. The number of hydrogen-bond acceptors (Lipinski definition) is 3. The molecule has 2 aliphatic heterocycles. The highest BCUT2D eigenvalue weighted by molar-refractivity contribution is 7.25. The van der Waals surface area contributed by atoms with Crippen LogP contribution in [0.25, 0.3) is 20.2 Å². The van der Waals surface area contributed by atoms with Crippen molar-refractivity contribution in [3.8, 4) is 0 Å². The minimum absolute atomic E-state index is 0.404. The van der Waals surface area contributed by atoms with Crippen LogP contribution in [0.2, 0.25) is 0 Å². The lowest BCUT2D eigenvalue weighted by atomic mass is 10.0. The fourth-order valence-corrected chi connectivity index (χ4v) is 5.61. The lowest BCUT2D eigenvalue weighted by Gasteiger charge is -2.23. The molecular formula is C21H16N2S. The van der Waals surface area contributed by atoms with Gasteiger partial charge in [-0.1, -0.05) is 30.3 Å². The van der Waals surface area contributed by atoms with E-state index in [1.807, 2.05) is 11.3 Å². The van der Waals surface area contributed by atoms with Crippen molar-refractivity contribution in [2.24, 2.45) is 0 Å². The van der Waals surface area contributed by atoms with E-state index in [4.69, 9.17) is 0 Å². The average molecular weight is 328 g/mol. The maximum absolute atomic E-state index is 2.52. The van der Waals surface area contributed by atoms with Crippen molar-refractivity contribution in [3.63, 3.8) is 0 Å². The lowest BCUT2D eigenvalue weighted by Crippen LogP contribution is -2.35. The molecule has 0 saturated heterocycles. The minimum Gasteiger partial charge on any atom is -0.352 e. The fraction of sp³-hybridized carbons (Fsp3) is 0.143. The third kappa shape index (κ3) is 1.42. The van der Waals surface area contributed by atoms with Gasteiger partial charge in [0.25, 0.3) is 0 Å². The molecule has 0 aliphatic carbocycles. The first kappa shape index (κ1) is 12.8. The number of rotatable bonds is 0. The van der Waals surface area contributed by atoms with Gasteiger partial charge in [0.1, 0.15) is 6.17 Å². The van der Waals surface area contributed by atoms with Gasteiger partial charge in [0.2, 0.25) is 0 Å². The standard InChI is InChI=1S/C21H16N2S/c1-22-16-7-3-4-8-17(16)23-15-10-11-19-21(14(15)12-20(22)23)13-6-2-5-9-18(13)24-19/h2-11,20H,12H2,1H3.